The molecule has 20 heavy (non-hydrogen) atoms. The predicted molar refractivity (Wildman–Crippen MR) is 73.9 cm³/mol. The highest BCUT2D eigenvalue weighted by Gasteiger charge is 2.28. The van der Waals surface area contributed by atoms with E-state index in [1.54, 1.807) is 4.90 Å². The van der Waals surface area contributed by atoms with Gasteiger partial charge in [0.15, 0.2) is 0 Å². The van der Waals surface area contributed by atoms with Crippen molar-refractivity contribution in [1.82, 2.24) is 4.90 Å². The molecular weight excluding hydrogens is 284 g/mol. The van der Waals surface area contributed by atoms with Gasteiger partial charge in [0.2, 0.25) is 0 Å². The number of benzene rings is 1. The van der Waals surface area contributed by atoms with Crippen molar-refractivity contribution in [3.8, 4) is 0 Å². The number of carbonyl (C=O) groups is 1. The van der Waals surface area contributed by atoms with Crippen molar-refractivity contribution in [3.05, 3.63) is 38.9 Å². The van der Waals surface area contributed by atoms with Crippen LogP contribution >= 0.6 is 11.6 Å². The van der Waals surface area contributed by atoms with E-state index in [4.69, 9.17) is 11.6 Å². The van der Waals surface area contributed by atoms with E-state index in [9.17, 15) is 20.0 Å². The van der Waals surface area contributed by atoms with Gasteiger partial charge in [-0.05, 0) is 25.3 Å². The van der Waals surface area contributed by atoms with Crippen molar-refractivity contribution in [3.63, 3.8) is 0 Å². The number of nitro benzene ring substituents is 1. The van der Waals surface area contributed by atoms with Gasteiger partial charge in [0.25, 0.3) is 11.6 Å². The fraction of sp³-hybridized carbons (Fsp3) is 0.462. The topological polar surface area (TPSA) is 83.7 Å². The zero-order valence-electron chi connectivity index (χ0n) is 10.8. The highest BCUT2D eigenvalue weighted by molar-refractivity contribution is 6.34. The first-order valence-corrected chi connectivity index (χ1v) is 6.78. The molecule has 1 amide bonds. The Morgan fingerprint density at radius 2 is 2.25 bits per heavy atom. The quantitative estimate of drug-likeness (QED) is 0.685. The van der Waals surface area contributed by atoms with Gasteiger partial charge in [0.05, 0.1) is 28.2 Å². The van der Waals surface area contributed by atoms with E-state index in [1.165, 1.54) is 18.2 Å². The Balaban J connectivity index is 2.26. The first-order valence-electron chi connectivity index (χ1n) is 6.40. The largest absolute Gasteiger partial charge is 0.394 e. The predicted octanol–water partition coefficient (Wildman–Crippen LogP) is 2.24. The number of halogens is 1. The van der Waals surface area contributed by atoms with Gasteiger partial charge in [0.1, 0.15) is 0 Å². The van der Waals surface area contributed by atoms with Gasteiger partial charge in [0, 0.05) is 18.7 Å². The Bertz CT molecular complexity index is 535. The fourth-order valence-corrected chi connectivity index (χ4v) is 2.66. The van der Waals surface area contributed by atoms with Crippen LogP contribution in [0.2, 0.25) is 5.02 Å². The molecule has 1 aliphatic rings. The third-order valence-electron chi connectivity index (χ3n) is 3.49. The number of non-ortho nitro benzene ring substituents is 1. The molecule has 0 aliphatic carbocycles. The number of hydrogen-bond donors (Lipinski definition) is 1. The summed E-state index contributed by atoms with van der Waals surface area (Å²) >= 11 is 5.96. The number of rotatable bonds is 3. The van der Waals surface area contributed by atoms with Crippen molar-refractivity contribution < 1.29 is 14.8 Å². The lowest BCUT2D eigenvalue weighted by Gasteiger charge is -2.34. The number of nitro groups is 1. The summed E-state index contributed by atoms with van der Waals surface area (Å²) in [7, 11) is 0. The molecule has 2 rings (SSSR count). The number of aliphatic hydroxyl groups is 1. The van der Waals surface area contributed by atoms with E-state index >= 15 is 0 Å². The highest BCUT2D eigenvalue weighted by atomic mass is 35.5. The molecule has 1 heterocycles. The normalized spacial score (nSPS) is 18.9. The minimum atomic E-state index is -0.558. The van der Waals surface area contributed by atoms with Gasteiger partial charge in [-0.2, -0.15) is 0 Å². The molecule has 1 aliphatic heterocycles. The maximum atomic E-state index is 12.4. The first-order chi connectivity index (χ1) is 9.54. The van der Waals surface area contributed by atoms with Crippen molar-refractivity contribution in [2.24, 2.45) is 0 Å². The Morgan fingerprint density at radius 1 is 1.50 bits per heavy atom. The lowest BCUT2D eigenvalue weighted by molar-refractivity contribution is -0.384. The number of piperidine rings is 1. The molecule has 1 atom stereocenters. The van der Waals surface area contributed by atoms with Crippen LogP contribution in [0, 0.1) is 10.1 Å². The molecule has 1 aromatic carbocycles. The van der Waals surface area contributed by atoms with E-state index < -0.39 is 4.92 Å². The second-order valence-electron chi connectivity index (χ2n) is 4.75. The van der Waals surface area contributed by atoms with Crippen molar-refractivity contribution in [1.29, 1.82) is 0 Å². The van der Waals surface area contributed by atoms with Gasteiger partial charge in [-0.15, -0.1) is 0 Å². The molecule has 1 N–H and O–H groups in total. The minimum Gasteiger partial charge on any atom is -0.394 e. The maximum absolute atomic E-state index is 12.4. The molecular formula is C13H15ClN2O4. The average Bonchev–Trinajstić information content (AvgIpc) is 2.46. The van der Waals surface area contributed by atoms with E-state index in [-0.39, 0.29) is 34.8 Å². The van der Waals surface area contributed by atoms with Gasteiger partial charge >= 0.3 is 0 Å². The highest BCUT2D eigenvalue weighted by Crippen LogP contribution is 2.26. The second kappa shape index (κ2) is 6.19. The molecule has 1 unspecified atom stereocenters. The lowest BCUT2D eigenvalue weighted by Crippen LogP contribution is -2.45. The fourth-order valence-electron chi connectivity index (χ4n) is 2.40. The van der Waals surface area contributed by atoms with Crippen LogP contribution in [0.15, 0.2) is 18.2 Å². The van der Waals surface area contributed by atoms with Crippen LogP contribution in [-0.4, -0.2) is 40.0 Å². The van der Waals surface area contributed by atoms with Crippen molar-refractivity contribution in [2.45, 2.75) is 25.3 Å². The maximum Gasteiger partial charge on any atom is 0.270 e. The molecule has 1 fully saturated rings. The van der Waals surface area contributed by atoms with Gasteiger partial charge in [-0.3, -0.25) is 14.9 Å². The van der Waals surface area contributed by atoms with Crippen LogP contribution in [0.3, 0.4) is 0 Å². The van der Waals surface area contributed by atoms with Crippen LogP contribution in [0.25, 0.3) is 0 Å². The summed E-state index contributed by atoms with van der Waals surface area (Å²) in [6.07, 6.45) is 2.61. The van der Waals surface area contributed by atoms with E-state index in [2.05, 4.69) is 0 Å². The Hall–Kier alpha value is -1.66. The summed E-state index contributed by atoms with van der Waals surface area (Å²) in [6, 6.07) is 3.60. The van der Waals surface area contributed by atoms with Crippen molar-refractivity contribution >= 4 is 23.2 Å². The standard InChI is InChI=1S/C13H15ClN2O4/c14-12-7-9(16(19)20)4-5-11(12)13(18)15-6-2-1-3-10(15)8-17/h4-5,7,10,17H,1-3,6,8H2. The molecule has 0 aromatic heterocycles. The molecule has 6 nitrogen and oxygen atoms in total. The van der Waals surface area contributed by atoms with Crippen LogP contribution in [0.4, 0.5) is 5.69 Å². The molecule has 0 saturated carbocycles. The van der Waals surface area contributed by atoms with Crippen molar-refractivity contribution in [2.75, 3.05) is 13.2 Å². The van der Waals surface area contributed by atoms with E-state index in [0.717, 1.165) is 19.3 Å². The summed E-state index contributed by atoms with van der Waals surface area (Å²) in [5.74, 6) is -0.288. The third-order valence-corrected chi connectivity index (χ3v) is 3.81. The summed E-state index contributed by atoms with van der Waals surface area (Å²) < 4.78 is 0. The van der Waals surface area contributed by atoms with Crippen LogP contribution in [-0.2, 0) is 0 Å². The monoisotopic (exact) mass is 298 g/mol. The van der Waals surface area contributed by atoms with Gasteiger partial charge in [-0.25, -0.2) is 0 Å². The van der Waals surface area contributed by atoms with Crippen LogP contribution in [0.5, 0.6) is 0 Å². The molecule has 7 heteroatoms. The van der Waals surface area contributed by atoms with Gasteiger partial charge < -0.3 is 10.0 Å². The number of hydrogen-bond acceptors (Lipinski definition) is 4. The lowest BCUT2D eigenvalue weighted by atomic mass is 10.0. The SMILES string of the molecule is O=C(c1ccc([N+](=O)[O-])cc1Cl)N1CCCCC1CO. The molecule has 1 aromatic rings. The van der Waals surface area contributed by atoms with E-state index in [1.807, 2.05) is 0 Å². The second-order valence-corrected chi connectivity index (χ2v) is 5.16. The molecule has 0 radical (unpaired) electrons. The molecule has 0 spiro atoms. The number of nitrogens with zero attached hydrogens (tertiary/aromatic N) is 2. The molecule has 108 valence electrons. The third kappa shape index (κ3) is 2.91. The summed E-state index contributed by atoms with van der Waals surface area (Å²) in [4.78, 5) is 24.1. The number of likely N-dealkylation sites (tertiary alicyclic amines) is 1. The first kappa shape index (κ1) is 14.7. The molecule has 0 bridgehead atoms. The van der Waals surface area contributed by atoms with E-state index in [0.29, 0.717) is 6.54 Å². The van der Waals surface area contributed by atoms with Gasteiger partial charge in [-0.1, -0.05) is 11.6 Å². The van der Waals surface area contributed by atoms with Crippen LogP contribution < -0.4 is 0 Å². The summed E-state index contributed by atoms with van der Waals surface area (Å²) in [5, 5.41) is 20.0. The Kier molecular flexibility index (Phi) is 4.57. The zero-order chi connectivity index (χ0) is 14.7. The smallest absolute Gasteiger partial charge is 0.270 e. The number of amides is 1. The minimum absolute atomic E-state index is 0.0615. The number of aliphatic hydroxyl groups excluding tert-OH is 1. The zero-order valence-corrected chi connectivity index (χ0v) is 11.5. The van der Waals surface area contributed by atoms with Crippen LogP contribution in [0.1, 0.15) is 29.6 Å². The molecule has 1 saturated heterocycles. The average molecular weight is 299 g/mol. The summed E-state index contributed by atoms with van der Waals surface area (Å²) in [6.45, 7) is 0.480. The Labute approximate surface area is 121 Å². The number of carbonyl (C=O) groups excluding carboxylic acids is 1. The Morgan fingerprint density at radius 3 is 2.85 bits per heavy atom. The summed E-state index contributed by atoms with van der Waals surface area (Å²) in [5.41, 5.74) is 0.0847.